The van der Waals surface area contributed by atoms with Crippen LogP contribution in [0.25, 0.3) is 0 Å². The number of rotatable bonds is 6. The van der Waals surface area contributed by atoms with Gasteiger partial charge < -0.3 is 15.1 Å². The quantitative estimate of drug-likeness (QED) is 0.852. The second-order valence-corrected chi connectivity index (χ2v) is 6.40. The molecular weight excluding hydrogens is 345 g/mol. The van der Waals surface area contributed by atoms with Crippen LogP contribution < -0.4 is 15.1 Å². The highest BCUT2D eigenvalue weighted by molar-refractivity contribution is 6.30. The molecular formula is C17H21ClFN5O. The third kappa shape index (κ3) is 5.03. The topological polar surface area (TPSA) is 61.4 Å². The summed E-state index contributed by atoms with van der Waals surface area (Å²) in [5.41, 5.74) is 1.34. The molecule has 0 unspecified atom stereocenters. The number of hydrogen-bond acceptors (Lipinski definition) is 5. The first-order chi connectivity index (χ1) is 11.8. The van der Waals surface area contributed by atoms with Crippen LogP contribution >= 0.6 is 11.6 Å². The molecule has 0 spiro atoms. The van der Waals surface area contributed by atoms with Crippen molar-refractivity contribution in [2.45, 2.75) is 12.8 Å². The van der Waals surface area contributed by atoms with Crippen LogP contribution in [0.15, 0.2) is 24.4 Å². The van der Waals surface area contributed by atoms with Gasteiger partial charge in [0.2, 0.25) is 11.9 Å². The summed E-state index contributed by atoms with van der Waals surface area (Å²) in [4.78, 5) is 24.5. The molecule has 0 radical (unpaired) electrons. The van der Waals surface area contributed by atoms with Crippen molar-refractivity contribution < 1.29 is 9.18 Å². The molecule has 0 atom stereocenters. The van der Waals surface area contributed by atoms with Crippen LogP contribution in [0.1, 0.15) is 12.0 Å². The second-order valence-electron chi connectivity index (χ2n) is 5.99. The molecule has 1 N–H and O–H groups in total. The number of nitrogens with zero attached hydrogens (tertiary/aromatic N) is 4. The fourth-order valence-electron chi connectivity index (χ4n) is 2.17. The van der Waals surface area contributed by atoms with Crippen LogP contribution in [0.2, 0.25) is 5.02 Å². The summed E-state index contributed by atoms with van der Waals surface area (Å²) in [7, 11) is 7.39. The SMILES string of the molecule is CN(C)c1ncc(NC(=O)CCc2ccc(F)c(Cl)c2)c(N(C)C)n1. The molecule has 134 valence electrons. The second kappa shape index (κ2) is 8.11. The Balaban J connectivity index is 2.05. The van der Waals surface area contributed by atoms with Crippen molar-refractivity contribution >= 4 is 35.0 Å². The zero-order valence-corrected chi connectivity index (χ0v) is 15.4. The molecule has 0 bridgehead atoms. The smallest absolute Gasteiger partial charge is 0.226 e. The van der Waals surface area contributed by atoms with Crippen molar-refractivity contribution in [1.82, 2.24) is 9.97 Å². The van der Waals surface area contributed by atoms with Crippen LogP contribution in [-0.2, 0) is 11.2 Å². The predicted molar refractivity (Wildman–Crippen MR) is 99.0 cm³/mol. The van der Waals surface area contributed by atoms with Crippen LogP contribution in [0.4, 0.5) is 21.8 Å². The van der Waals surface area contributed by atoms with Gasteiger partial charge in [0.15, 0.2) is 5.82 Å². The van der Waals surface area contributed by atoms with E-state index in [2.05, 4.69) is 15.3 Å². The van der Waals surface area contributed by atoms with Crippen molar-refractivity contribution in [2.24, 2.45) is 0 Å². The number of benzene rings is 1. The van der Waals surface area contributed by atoms with Gasteiger partial charge in [-0.15, -0.1) is 0 Å². The fraction of sp³-hybridized carbons (Fsp3) is 0.353. The first-order valence-electron chi connectivity index (χ1n) is 7.73. The number of nitrogens with one attached hydrogen (secondary N) is 1. The van der Waals surface area contributed by atoms with Gasteiger partial charge in [0, 0.05) is 34.6 Å². The van der Waals surface area contributed by atoms with Crippen LogP contribution in [-0.4, -0.2) is 44.1 Å². The van der Waals surface area contributed by atoms with E-state index in [0.29, 0.717) is 23.9 Å². The molecule has 0 fully saturated rings. The standard InChI is InChI=1S/C17H21ClFN5O/c1-23(2)16-14(10-20-17(22-16)24(3)4)21-15(25)8-6-11-5-7-13(19)12(18)9-11/h5,7,9-10H,6,8H2,1-4H3,(H,21,25). The maximum atomic E-state index is 13.2. The van der Waals surface area contributed by atoms with E-state index in [-0.39, 0.29) is 17.4 Å². The number of halogens is 2. The van der Waals surface area contributed by atoms with E-state index in [1.54, 1.807) is 17.2 Å². The Morgan fingerprint density at radius 1 is 1.24 bits per heavy atom. The number of carbonyl (C=O) groups is 1. The minimum absolute atomic E-state index is 0.0560. The van der Waals surface area contributed by atoms with Gasteiger partial charge in [-0.25, -0.2) is 9.37 Å². The van der Waals surface area contributed by atoms with Gasteiger partial charge in [-0.1, -0.05) is 17.7 Å². The highest BCUT2D eigenvalue weighted by Crippen LogP contribution is 2.23. The van der Waals surface area contributed by atoms with Gasteiger partial charge in [-0.2, -0.15) is 4.98 Å². The summed E-state index contributed by atoms with van der Waals surface area (Å²) in [5.74, 6) is 0.535. The van der Waals surface area contributed by atoms with E-state index in [1.165, 1.54) is 12.1 Å². The lowest BCUT2D eigenvalue weighted by Gasteiger charge is -2.19. The molecule has 1 aromatic carbocycles. The lowest BCUT2D eigenvalue weighted by molar-refractivity contribution is -0.116. The fourth-order valence-corrected chi connectivity index (χ4v) is 2.38. The van der Waals surface area contributed by atoms with E-state index >= 15 is 0 Å². The molecule has 0 aliphatic heterocycles. The van der Waals surface area contributed by atoms with Crippen LogP contribution in [0.5, 0.6) is 0 Å². The molecule has 2 rings (SSSR count). The Morgan fingerprint density at radius 2 is 1.96 bits per heavy atom. The lowest BCUT2D eigenvalue weighted by Crippen LogP contribution is -2.21. The Labute approximate surface area is 151 Å². The highest BCUT2D eigenvalue weighted by atomic mass is 35.5. The van der Waals surface area contributed by atoms with E-state index in [1.807, 2.05) is 33.1 Å². The zero-order valence-electron chi connectivity index (χ0n) is 14.7. The molecule has 0 aliphatic carbocycles. The summed E-state index contributed by atoms with van der Waals surface area (Å²) < 4.78 is 13.2. The Kier molecular flexibility index (Phi) is 6.14. The lowest BCUT2D eigenvalue weighted by atomic mass is 10.1. The molecule has 2 aromatic rings. The van der Waals surface area contributed by atoms with E-state index in [4.69, 9.17) is 11.6 Å². The molecule has 6 nitrogen and oxygen atoms in total. The van der Waals surface area contributed by atoms with Gasteiger partial charge in [0.1, 0.15) is 11.5 Å². The van der Waals surface area contributed by atoms with Crippen molar-refractivity contribution in [3.63, 3.8) is 0 Å². The largest absolute Gasteiger partial charge is 0.361 e. The van der Waals surface area contributed by atoms with Crippen molar-refractivity contribution in [2.75, 3.05) is 43.3 Å². The molecule has 1 heterocycles. The zero-order chi connectivity index (χ0) is 18.6. The molecule has 1 aromatic heterocycles. The number of aryl methyl sites for hydroxylation is 1. The summed E-state index contributed by atoms with van der Waals surface area (Å²) in [6, 6.07) is 4.45. The van der Waals surface area contributed by atoms with Crippen LogP contribution in [0.3, 0.4) is 0 Å². The molecule has 1 amide bonds. The third-order valence-electron chi connectivity index (χ3n) is 3.48. The van der Waals surface area contributed by atoms with Crippen molar-refractivity contribution in [1.29, 1.82) is 0 Å². The molecule has 25 heavy (non-hydrogen) atoms. The number of amides is 1. The Bertz CT molecular complexity index is 767. The van der Waals surface area contributed by atoms with Crippen molar-refractivity contribution in [3.05, 3.63) is 40.8 Å². The number of aromatic nitrogens is 2. The monoisotopic (exact) mass is 365 g/mol. The van der Waals surface area contributed by atoms with Crippen molar-refractivity contribution in [3.8, 4) is 0 Å². The number of carbonyl (C=O) groups excluding carboxylic acids is 1. The van der Waals surface area contributed by atoms with Gasteiger partial charge in [0.05, 0.1) is 11.2 Å². The minimum Gasteiger partial charge on any atom is -0.361 e. The van der Waals surface area contributed by atoms with Crippen LogP contribution in [0, 0.1) is 5.82 Å². The Hall–Kier alpha value is -2.41. The van der Waals surface area contributed by atoms with Gasteiger partial charge in [-0.05, 0) is 24.1 Å². The highest BCUT2D eigenvalue weighted by Gasteiger charge is 2.13. The van der Waals surface area contributed by atoms with Gasteiger partial charge >= 0.3 is 0 Å². The van der Waals surface area contributed by atoms with Gasteiger partial charge in [-0.3, -0.25) is 4.79 Å². The Morgan fingerprint density at radius 3 is 2.56 bits per heavy atom. The first-order valence-corrected chi connectivity index (χ1v) is 8.11. The summed E-state index contributed by atoms with van der Waals surface area (Å²) in [6.45, 7) is 0. The normalized spacial score (nSPS) is 10.5. The van der Waals surface area contributed by atoms with Gasteiger partial charge in [0.25, 0.3) is 0 Å². The van der Waals surface area contributed by atoms with E-state index in [9.17, 15) is 9.18 Å². The maximum absolute atomic E-state index is 13.2. The predicted octanol–water partition coefficient (Wildman–Crippen LogP) is 2.97. The summed E-state index contributed by atoms with van der Waals surface area (Å²) >= 11 is 5.75. The van der Waals surface area contributed by atoms with E-state index in [0.717, 1.165) is 5.56 Å². The van der Waals surface area contributed by atoms with E-state index < -0.39 is 5.82 Å². The first kappa shape index (κ1) is 18.9. The molecule has 0 saturated carbocycles. The number of hydrogen-bond donors (Lipinski definition) is 1. The summed E-state index contributed by atoms with van der Waals surface area (Å²) in [5, 5.41) is 2.88. The maximum Gasteiger partial charge on any atom is 0.226 e. The molecule has 0 aliphatic rings. The average Bonchev–Trinajstić information content (AvgIpc) is 2.56. The number of anilines is 3. The molecule has 0 saturated heterocycles. The molecule has 8 heteroatoms. The summed E-state index contributed by atoms with van der Waals surface area (Å²) in [6.07, 6.45) is 2.29. The minimum atomic E-state index is -0.469. The average molecular weight is 366 g/mol. The third-order valence-corrected chi connectivity index (χ3v) is 3.77.